The van der Waals surface area contributed by atoms with E-state index in [1.165, 1.54) is 25.7 Å². The first-order valence-electron chi connectivity index (χ1n) is 5.54. The van der Waals surface area contributed by atoms with Crippen molar-refractivity contribution in [1.29, 1.82) is 0 Å². The summed E-state index contributed by atoms with van der Waals surface area (Å²) >= 11 is 9.03. The first kappa shape index (κ1) is 15.2. The van der Waals surface area contributed by atoms with Gasteiger partial charge in [-0.1, -0.05) is 30.5 Å². The zero-order valence-corrected chi connectivity index (χ0v) is 12.5. The molecule has 0 spiro atoms. The van der Waals surface area contributed by atoms with E-state index < -0.39 is 0 Å². The van der Waals surface area contributed by atoms with Gasteiger partial charge in [0.15, 0.2) is 0 Å². The van der Waals surface area contributed by atoms with Crippen molar-refractivity contribution in [3.63, 3.8) is 0 Å². The fourth-order valence-corrected chi connectivity index (χ4v) is 2.58. The van der Waals surface area contributed by atoms with Gasteiger partial charge in [-0.3, -0.25) is 0 Å². The Labute approximate surface area is 121 Å². The van der Waals surface area contributed by atoms with E-state index in [1.54, 1.807) is 12.1 Å². The normalized spacial score (nSPS) is 15.9. The molecule has 0 heterocycles. The van der Waals surface area contributed by atoms with Gasteiger partial charge in [0.25, 0.3) is 0 Å². The van der Waals surface area contributed by atoms with Gasteiger partial charge in [0, 0.05) is 22.6 Å². The summed E-state index contributed by atoms with van der Waals surface area (Å²) in [6, 6.07) is 4.10. The third-order valence-electron chi connectivity index (χ3n) is 3.05. The molecular formula is C12H15BrCl2FN. The maximum Gasteiger partial charge on any atom is 0.147 e. The van der Waals surface area contributed by atoms with Crippen LogP contribution in [0.2, 0.25) is 5.02 Å². The SMILES string of the molecule is Cl.Fc1c(CNC2CCCC2)ccc(Br)c1Cl. The second-order valence-electron chi connectivity index (χ2n) is 4.20. The van der Waals surface area contributed by atoms with E-state index in [2.05, 4.69) is 21.2 Å². The molecule has 1 aliphatic rings. The third-order valence-corrected chi connectivity index (χ3v) is 4.31. The Bertz CT molecular complexity index is 381. The van der Waals surface area contributed by atoms with Crippen molar-refractivity contribution in [2.24, 2.45) is 0 Å². The lowest BCUT2D eigenvalue weighted by Gasteiger charge is -2.12. The molecule has 17 heavy (non-hydrogen) atoms. The molecule has 1 N–H and O–H groups in total. The van der Waals surface area contributed by atoms with Crippen LogP contribution in [0.3, 0.4) is 0 Å². The molecule has 1 saturated carbocycles. The van der Waals surface area contributed by atoms with Crippen LogP contribution in [0, 0.1) is 5.82 Å². The molecule has 1 fully saturated rings. The molecule has 0 aliphatic heterocycles. The highest BCUT2D eigenvalue weighted by molar-refractivity contribution is 9.10. The van der Waals surface area contributed by atoms with Gasteiger partial charge in [0.05, 0.1) is 5.02 Å². The Morgan fingerprint density at radius 2 is 2.00 bits per heavy atom. The van der Waals surface area contributed by atoms with Crippen LogP contribution in [0.15, 0.2) is 16.6 Å². The van der Waals surface area contributed by atoms with E-state index in [4.69, 9.17) is 11.6 Å². The van der Waals surface area contributed by atoms with Crippen LogP contribution in [0.4, 0.5) is 4.39 Å². The van der Waals surface area contributed by atoms with E-state index >= 15 is 0 Å². The Balaban J connectivity index is 0.00000144. The summed E-state index contributed by atoms with van der Waals surface area (Å²) in [6.07, 6.45) is 4.96. The summed E-state index contributed by atoms with van der Waals surface area (Å²) in [5, 5.41) is 3.54. The number of halogens is 4. The van der Waals surface area contributed by atoms with Gasteiger partial charge in [0.1, 0.15) is 5.82 Å². The number of benzene rings is 1. The van der Waals surface area contributed by atoms with Gasteiger partial charge in [-0.05, 0) is 34.8 Å². The number of hydrogen-bond acceptors (Lipinski definition) is 1. The molecule has 0 saturated heterocycles. The molecule has 1 aliphatic carbocycles. The lowest BCUT2D eigenvalue weighted by Crippen LogP contribution is -2.25. The van der Waals surface area contributed by atoms with E-state index in [0.29, 0.717) is 22.6 Å². The predicted molar refractivity (Wildman–Crippen MR) is 75.5 cm³/mol. The highest BCUT2D eigenvalue weighted by Gasteiger charge is 2.15. The van der Waals surface area contributed by atoms with Crippen LogP contribution in [0.25, 0.3) is 0 Å². The largest absolute Gasteiger partial charge is 0.310 e. The summed E-state index contributed by atoms with van der Waals surface area (Å²) in [5.74, 6) is -0.318. The molecule has 0 amide bonds. The number of nitrogens with one attached hydrogen (secondary N) is 1. The average molecular weight is 343 g/mol. The minimum atomic E-state index is -0.318. The standard InChI is InChI=1S/C12H14BrClFN.ClH/c13-10-6-5-8(12(15)11(10)14)7-16-9-3-1-2-4-9;/h5-6,9,16H,1-4,7H2;1H. The second kappa shape index (κ2) is 6.93. The van der Waals surface area contributed by atoms with Crippen LogP contribution < -0.4 is 5.32 Å². The smallest absolute Gasteiger partial charge is 0.147 e. The predicted octanol–water partition coefficient (Wildman–Crippen LogP) is 4.70. The van der Waals surface area contributed by atoms with Crippen LogP contribution in [0.5, 0.6) is 0 Å². The van der Waals surface area contributed by atoms with Crippen LogP contribution >= 0.6 is 39.9 Å². The van der Waals surface area contributed by atoms with Crippen molar-refractivity contribution < 1.29 is 4.39 Å². The molecule has 0 unspecified atom stereocenters. The molecule has 1 aromatic rings. The fourth-order valence-electron chi connectivity index (χ4n) is 2.09. The Morgan fingerprint density at radius 3 is 2.65 bits per heavy atom. The molecule has 5 heteroatoms. The highest BCUT2D eigenvalue weighted by atomic mass is 79.9. The van der Waals surface area contributed by atoms with Crippen molar-refractivity contribution in [1.82, 2.24) is 5.32 Å². The molecule has 1 nitrogen and oxygen atoms in total. The van der Waals surface area contributed by atoms with E-state index in [9.17, 15) is 4.39 Å². The number of rotatable bonds is 3. The Morgan fingerprint density at radius 1 is 1.35 bits per heavy atom. The molecule has 0 bridgehead atoms. The van der Waals surface area contributed by atoms with Crippen molar-refractivity contribution in [2.45, 2.75) is 38.3 Å². The molecule has 0 aromatic heterocycles. The summed E-state index contributed by atoms with van der Waals surface area (Å²) < 4.78 is 14.3. The molecule has 2 rings (SSSR count). The Kier molecular flexibility index (Phi) is 6.21. The van der Waals surface area contributed by atoms with Gasteiger partial charge < -0.3 is 5.32 Å². The van der Waals surface area contributed by atoms with Crippen molar-refractivity contribution in [2.75, 3.05) is 0 Å². The summed E-state index contributed by atoms with van der Waals surface area (Å²) in [6.45, 7) is 0.559. The third kappa shape index (κ3) is 3.82. The first-order chi connectivity index (χ1) is 7.68. The minimum Gasteiger partial charge on any atom is -0.310 e. The lowest BCUT2D eigenvalue weighted by molar-refractivity contribution is 0.509. The quantitative estimate of drug-likeness (QED) is 0.785. The van der Waals surface area contributed by atoms with Gasteiger partial charge in [-0.2, -0.15) is 0 Å². The molecule has 1 aromatic carbocycles. The van der Waals surface area contributed by atoms with Crippen molar-refractivity contribution in [3.8, 4) is 0 Å². The average Bonchev–Trinajstić information content (AvgIpc) is 2.78. The summed E-state index contributed by atoms with van der Waals surface area (Å²) in [5.41, 5.74) is 0.639. The van der Waals surface area contributed by atoms with Gasteiger partial charge in [-0.25, -0.2) is 4.39 Å². The van der Waals surface area contributed by atoms with Gasteiger partial charge in [0.2, 0.25) is 0 Å². The maximum atomic E-state index is 13.7. The lowest BCUT2D eigenvalue weighted by atomic mass is 10.2. The van der Waals surface area contributed by atoms with E-state index in [0.717, 1.165) is 0 Å². The van der Waals surface area contributed by atoms with Gasteiger partial charge in [-0.15, -0.1) is 12.4 Å². The number of hydrogen-bond donors (Lipinski definition) is 1. The molecular weight excluding hydrogens is 328 g/mol. The minimum absolute atomic E-state index is 0. The highest BCUT2D eigenvalue weighted by Crippen LogP contribution is 2.27. The molecule has 0 atom stereocenters. The maximum absolute atomic E-state index is 13.7. The first-order valence-corrected chi connectivity index (χ1v) is 6.71. The second-order valence-corrected chi connectivity index (χ2v) is 5.43. The fraction of sp³-hybridized carbons (Fsp3) is 0.500. The monoisotopic (exact) mass is 341 g/mol. The zero-order valence-electron chi connectivity index (χ0n) is 9.31. The zero-order chi connectivity index (χ0) is 11.5. The Hall–Kier alpha value is 0.170. The topological polar surface area (TPSA) is 12.0 Å². The summed E-state index contributed by atoms with van der Waals surface area (Å²) in [4.78, 5) is 0. The summed E-state index contributed by atoms with van der Waals surface area (Å²) in [7, 11) is 0. The van der Waals surface area contributed by atoms with Crippen molar-refractivity contribution >= 4 is 39.9 Å². The van der Waals surface area contributed by atoms with Gasteiger partial charge >= 0.3 is 0 Å². The van der Waals surface area contributed by atoms with Crippen LogP contribution in [0.1, 0.15) is 31.2 Å². The van der Waals surface area contributed by atoms with E-state index in [1.807, 2.05) is 0 Å². The van der Waals surface area contributed by atoms with Crippen molar-refractivity contribution in [3.05, 3.63) is 33.0 Å². The molecule has 0 radical (unpaired) electrons. The van der Waals surface area contributed by atoms with E-state index in [-0.39, 0.29) is 23.2 Å². The molecule has 96 valence electrons. The van der Waals surface area contributed by atoms with Crippen LogP contribution in [-0.2, 0) is 6.54 Å². The van der Waals surface area contributed by atoms with Crippen LogP contribution in [-0.4, -0.2) is 6.04 Å².